The Balaban J connectivity index is 1.70. The average Bonchev–Trinajstić information content (AvgIpc) is 2.97. The fourth-order valence-electron chi connectivity index (χ4n) is 2.07. The first-order chi connectivity index (χ1) is 9.18. The number of hydrogen-bond donors (Lipinski definition) is 4. The molecular formula is C12H14N6O. The summed E-state index contributed by atoms with van der Waals surface area (Å²) in [4.78, 5) is 15.7. The Kier molecular flexibility index (Phi) is 2.59. The van der Waals surface area contributed by atoms with E-state index >= 15 is 0 Å². The number of nitrogen functional groups attached to an aromatic ring is 1. The maximum atomic E-state index is 11.9. The molecule has 1 fully saturated rings. The molecule has 1 heterocycles. The van der Waals surface area contributed by atoms with Gasteiger partial charge in [0.1, 0.15) is 6.33 Å². The summed E-state index contributed by atoms with van der Waals surface area (Å²) in [6.45, 7) is 0. The molecule has 1 aromatic heterocycles. The molecule has 7 nitrogen and oxygen atoms in total. The summed E-state index contributed by atoms with van der Waals surface area (Å²) in [5, 5.41) is 11.8. The van der Waals surface area contributed by atoms with Gasteiger partial charge < -0.3 is 11.1 Å². The number of aromatic amines is 1. The molecule has 2 amide bonds. The van der Waals surface area contributed by atoms with Crippen LogP contribution in [0, 0.1) is 0 Å². The van der Waals surface area contributed by atoms with Crippen molar-refractivity contribution in [3.63, 3.8) is 0 Å². The lowest BCUT2D eigenvalue weighted by molar-refractivity contribution is 0.247. The molecule has 0 unspecified atom stereocenters. The van der Waals surface area contributed by atoms with Crippen LogP contribution in [0.2, 0.25) is 0 Å². The molecule has 7 heteroatoms. The summed E-state index contributed by atoms with van der Waals surface area (Å²) in [7, 11) is 0. The van der Waals surface area contributed by atoms with Gasteiger partial charge in [0, 0.05) is 5.69 Å². The number of rotatable bonds is 3. The smallest absolute Gasteiger partial charge is 0.322 e. The Labute approximate surface area is 109 Å². The summed E-state index contributed by atoms with van der Waals surface area (Å²) in [6, 6.07) is 7.27. The third kappa shape index (κ3) is 2.35. The van der Waals surface area contributed by atoms with Crippen LogP contribution in [-0.2, 0) is 5.54 Å². The van der Waals surface area contributed by atoms with E-state index < -0.39 is 0 Å². The number of anilines is 2. The SMILES string of the molecule is Nc1cccc(C2(NC(=O)Nc3ncn[nH]3)CC2)c1. The molecule has 1 aliphatic rings. The lowest BCUT2D eigenvalue weighted by Crippen LogP contribution is -2.38. The molecule has 0 atom stereocenters. The maximum Gasteiger partial charge on any atom is 0.322 e. The van der Waals surface area contributed by atoms with Gasteiger partial charge in [-0.1, -0.05) is 12.1 Å². The highest BCUT2D eigenvalue weighted by molar-refractivity contribution is 5.88. The van der Waals surface area contributed by atoms with Crippen molar-refractivity contribution in [2.24, 2.45) is 0 Å². The van der Waals surface area contributed by atoms with E-state index in [1.165, 1.54) is 6.33 Å². The fraction of sp³-hybridized carbons (Fsp3) is 0.250. The number of nitrogens with zero attached hydrogens (tertiary/aromatic N) is 2. The Morgan fingerprint density at radius 1 is 1.42 bits per heavy atom. The average molecular weight is 258 g/mol. The summed E-state index contributed by atoms with van der Waals surface area (Å²) < 4.78 is 0. The van der Waals surface area contributed by atoms with Crippen LogP contribution < -0.4 is 16.4 Å². The Hall–Kier alpha value is -2.57. The number of nitrogens with two attached hydrogens (primary N) is 1. The van der Waals surface area contributed by atoms with Gasteiger partial charge >= 0.3 is 6.03 Å². The minimum Gasteiger partial charge on any atom is -0.399 e. The number of amides is 2. The lowest BCUT2D eigenvalue weighted by atomic mass is 10.0. The Morgan fingerprint density at radius 2 is 2.26 bits per heavy atom. The van der Waals surface area contributed by atoms with Gasteiger partial charge in [0.05, 0.1) is 5.54 Å². The summed E-state index contributed by atoms with van der Waals surface area (Å²) in [5.41, 5.74) is 7.19. The fourth-order valence-corrected chi connectivity index (χ4v) is 2.07. The monoisotopic (exact) mass is 258 g/mol. The highest BCUT2D eigenvalue weighted by Crippen LogP contribution is 2.45. The van der Waals surface area contributed by atoms with E-state index in [-0.39, 0.29) is 11.6 Å². The number of benzene rings is 1. The van der Waals surface area contributed by atoms with Gasteiger partial charge in [0.15, 0.2) is 0 Å². The first-order valence-corrected chi connectivity index (χ1v) is 5.98. The predicted molar refractivity (Wildman–Crippen MR) is 70.3 cm³/mol. The van der Waals surface area contributed by atoms with E-state index in [9.17, 15) is 4.79 Å². The normalized spacial score (nSPS) is 15.8. The van der Waals surface area contributed by atoms with E-state index in [4.69, 9.17) is 5.73 Å². The van der Waals surface area contributed by atoms with Crippen LogP contribution >= 0.6 is 0 Å². The third-order valence-electron chi connectivity index (χ3n) is 3.19. The van der Waals surface area contributed by atoms with Gasteiger partial charge in [-0.05, 0) is 30.5 Å². The second-order valence-electron chi connectivity index (χ2n) is 4.62. The molecule has 0 saturated heterocycles. The van der Waals surface area contributed by atoms with E-state index in [0.29, 0.717) is 11.6 Å². The van der Waals surface area contributed by atoms with Gasteiger partial charge in [-0.25, -0.2) is 9.89 Å². The zero-order chi connectivity index (χ0) is 13.3. The second-order valence-corrected chi connectivity index (χ2v) is 4.62. The van der Waals surface area contributed by atoms with Crippen molar-refractivity contribution in [2.45, 2.75) is 18.4 Å². The van der Waals surface area contributed by atoms with Gasteiger partial charge in [0.25, 0.3) is 0 Å². The van der Waals surface area contributed by atoms with Crippen molar-refractivity contribution in [3.8, 4) is 0 Å². The van der Waals surface area contributed by atoms with Crippen LogP contribution in [0.5, 0.6) is 0 Å². The second kappa shape index (κ2) is 4.27. The molecule has 0 spiro atoms. The first-order valence-electron chi connectivity index (χ1n) is 5.98. The maximum absolute atomic E-state index is 11.9. The van der Waals surface area contributed by atoms with E-state index in [1.807, 2.05) is 24.3 Å². The number of H-pyrrole nitrogens is 1. The summed E-state index contributed by atoms with van der Waals surface area (Å²) in [5.74, 6) is 0.320. The van der Waals surface area contributed by atoms with Crippen molar-refractivity contribution in [1.29, 1.82) is 0 Å². The topological polar surface area (TPSA) is 109 Å². The highest BCUT2D eigenvalue weighted by atomic mass is 16.2. The quantitative estimate of drug-likeness (QED) is 0.620. The van der Waals surface area contributed by atoms with Crippen LogP contribution in [-0.4, -0.2) is 21.2 Å². The third-order valence-corrected chi connectivity index (χ3v) is 3.19. The van der Waals surface area contributed by atoms with Crippen LogP contribution in [0.25, 0.3) is 0 Å². The lowest BCUT2D eigenvalue weighted by Gasteiger charge is -2.18. The highest BCUT2D eigenvalue weighted by Gasteiger charge is 2.45. The minimum absolute atomic E-state index is 0.306. The molecule has 0 aliphatic heterocycles. The largest absolute Gasteiger partial charge is 0.399 e. The van der Waals surface area contributed by atoms with Gasteiger partial charge in [-0.3, -0.25) is 5.32 Å². The molecule has 1 aliphatic carbocycles. The van der Waals surface area contributed by atoms with Gasteiger partial charge in [0.2, 0.25) is 5.95 Å². The number of hydrogen-bond acceptors (Lipinski definition) is 4. The van der Waals surface area contributed by atoms with Crippen LogP contribution in [0.1, 0.15) is 18.4 Å². The van der Waals surface area contributed by atoms with E-state index in [2.05, 4.69) is 25.8 Å². The van der Waals surface area contributed by atoms with Gasteiger partial charge in [-0.15, -0.1) is 0 Å². The summed E-state index contributed by atoms with van der Waals surface area (Å²) in [6.07, 6.45) is 3.14. The Bertz CT molecular complexity index is 590. The molecule has 98 valence electrons. The van der Waals surface area contributed by atoms with Crippen LogP contribution in [0.4, 0.5) is 16.4 Å². The van der Waals surface area contributed by atoms with Crippen molar-refractivity contribution >= 4 is 17.7 Å². The minimum atomic E-state index is -0.309. The standard InChI is InChI=1S/C12H14N6O/c13-9-3-1-2-8(6-9)12(4-5-12)17-11(19)16-10-14-7-15-18-10/h1-3,6-7H,4-5,13H2,(H3,14,15,16,17,18,19). The molecule has 0 radical (unpaired) electrons. The first kappa shape index (κ1) is 11.5. The number of urea groups is 1. The van der Waals surface area contributed by atoms with Crippen LogP contribution in [0.15, 0.2) is 30.6 Å². The molecule has 1 saturated carbocycles. The predicted octanol–water partition coefficient (Wildman–Crippen LogP) is 1.20. The van der Waals surface area contributed by atoms with Crippen molar-refractivity contribution in [1.82, 2.24) is 20.5 Å². The zero-order valence-corrected chi connectivity index (χ0v) is 10.2. The van der Waals surface area contributed by atoms with Crippen LogP contribution in [0.3, 0.4) is 0 Å². The molecule has 2 aromatic rings. The molecule has 1 aromatic carbocycles. The molecule has 3 rings (SSSR count). The molecular weight excluding hydrogens is 244 g/mol. The van der Waals surface area contributed by atoms with E-state index in [1.54, 1.807) is 0 Å². The number of carbonyl (C=O) groups is 1. The Morgan fingerprint density at radius 3 is 2.89 bits per heavy atom. The number of aromatic nitrogens is 3. The summed E-state index contributed by atoms with van der Waals surface area (Å²) >= 11 is 0. The zero-order valence-electron chi connectivity index (χ0n) is 10.2. The van der Waals surface area contributed by atoms with Crippen molar-refractivity contribution in [3.05, 3.63) is 36.2 Å². The van der Waals surface area contributed by atoms with Crippen molar-refractivity contribution in [2.75, 3.05) is 11.1 Å². The molecule has 19 heavy (non-hydrogen) atoms. The van der Waals surface area contributed by atoms with E-state index in [0.717, 1.165) is 18.4 Å². The molecule has 5 N–H and O–H groups in total. The number of nitrogens with one attached hydrogen (secondary N) is 3. The molecule has 0 bridgehead atoms. The van der Waals surface area contributed by atoms with Crippen molar-refractivity contribution < 1.29 is 4.79 Å². The van der Waals surface area contributed by atoms with Gasteiger partial charge in [-0.2, -0.15) is 10.1 Å². The number of carbonyl (C=O) groups excluding carboxylic acids is 1.